The third-order valence-electron chi connectivity index (χ3n) is 6.75. The van der Waals surface area contributed by atoms with Crippen LogP contribution in [0.4, 0.5) is 4.39 Å². The molecule has 2 heterocycles. The summed E-state index contributed by atoms with van der Waals surface area (Å²) < 4.78 is 24.4. The number of morpholine rings is 1. The number of hydrogen-bond acceptors (Lipinski definition) is 4. The molecule has 1 saturated heterocycles. The molecule has 0 aromatic heterocycles. The molecule has 3 aromatic carbocycles. The molecule has 2 amide bonds. The molecule has 2 aliphatic heterocycles. The summed E-state index contributed by atoms with van der Waals surface area (Å²) in [5.74, 6) is -0.417. The van der Waals surface area contributed by atoms with Gasteiger partial charge in [0, 0.05) is 25.2 Å². The SMILES string of the molecule is COc1ccc([C@@H]2[C@@H](C(=O)N3CCOCC3)c3ccccc3C(=O)N2Cc2ccc(F)cc2)cc1. The molecule has 2 aliphatic rings. The molecule has 0 N–H and O–H groups in total. The molecule has 0 bridgehead atoms. The van der Waals surface area contributed by atoms with Gasteiger partial charge in [-0.2, -0.15) is 0 Å². The van der Waals surface area contributed by atoms with Gasteiger partial charge in [0.05, 0.1) is 32.3 Å². The van der Waals surface area contributed by atoms with Crippen LogP contribution < -0.4 is 4.74 Å². The topological polar surface area (TPSA) is 59.1 Å². The van der Waals surface area contributed by atoms with Crippen LogP contribution in [0.15, 0.2) is 72.8 Å². The largest absolute Gasteiger partial charge is 0.497 e. The van der Waals surface area contributed by atoms with Crippen LogP contribution in [0.25, 0.3) is 0 Å². The molecule has 0 radical (unpaired) electrons. The fraction of sp³-hybridized carbons (Fsp3) is 0.286. The lowest BCUT2D eigenvalue weighted by molar-refractivity contribution is -0.138. The molecule has 0 aliphatic carbocycles. The monoisotopic (exact) mass is 474 g/mol. The van der Waals surface area contributed by atoms with Crippen molar-refractivity contribution < 1.29 is 23.5 Å². The number of carbonyl (C=O) groups is 2. The first-order valence-electron chi connectivity index (χ1n) is 11.7. The van der Waals surface area contributed by atoms with Crippen molar-refractivity contribution in [1.29, 1.82) is 0 Å². The minimum atomic E-state index is -0.587. The van der Waals surface area contributed by atoms with E-state index in [4.69, 9.17) is 9.47 Å². The Bertz CT molecular complexity index is 1210. The molecule has 3 aromatic rings. The van der Waals surface area contributed by atoms with Gasteiger partial charge < -0.3 is 19.3 Å². The third kappa shape index (κ3) is 4.51. The Kier molecular flexibility index (Phi) is 6.51. The van der Waals surface area contributed by atoms with Crippen LogP contribution in [0.1, 0.15) is 39.0 Å². The zero-order chi connectivity index (χ0) is 24.4. The van der Waals surface area contributed by atoms with Crippen molar-refractivity contribution in [2.24, 2.45) is 0 Å². The van der Waals surface area contributed by atoms with Crippen molar-refractivity contribution >= 4 is 11.8 Å². The summed E-state index contributed by atoms with van der Waals surface area (Å²) in [6.45, 7) is 2.26. The maximum Gasteiger partial charge on any atom is 0.255 e. The van der Waals surface area contributed by atoms with Gasteiger partial charge in [0.15, 0.2) is 0 Å². The van der Waals surface area contributed by atoms with E-state index in [0.29, 0.717) is 37.6 Å². The number of benzene rings is 3. The lowest BCUT2D eigenvalue weighted by Crippen LogP contribution is -2.50. The Labute approximate surface area is 203 Å². The summed E-state index contributed by atoms with van der Waals surface area (Å²) >= 11 is 0. The summed E-state index contributed by atoms with van der Waals surface area (Å²) in [5, 5.41) is 0. The summed E-state index contributed by atoms with van der Waals surface area (Å²) in [6, 6.07) is 20.4. The zero-order valence-corrected chi connectivity index (χ0v) is 19.5. The maximum absolute atomic E-state index is 14.0. The van der Waals surface area contributed by atoms with Gasteiger partial charge in [0.2, 0.25) is 5.91 Å². The molecule has 5 rings (SSSR count). The zero-order valence-electron chi connectivity index (χ0n) is 19.5. The number of ether oxygens (including phenoxy) is 2. The van der Waals surface area contributed by atoms with Crippen molar-refractivity contribution in [1.82, 2.24) is 9.80 Å². The van der Waals surface area contributed by atoms with Gasteiger partial charge in [-0.3, -0.25) is 9.59 Å². The molecular weight excluding hydrogens is 447 g/mol. The smallest absolute Gasteiger partial charge is 0.255 e. The molecule has 7 heteroatoms. The molecule has 180 valence electrons. The van der Waals surface area contributed by atoms with Gasteiger partial charge in [-0.1, -0.05) is 42.5 Å². The quantitative estimate of drug-likeness (QED) is 0.557. The second-order valence-corrected chi connectivity index (χ2v) is 8.78. The second kappa shape index (κ2) is 9.88. The molecule has 2 atom stereocenters. The van der Waals surface area contributed by atoms with E-state index in [1.165, 1.54) is 12.1 Å². The van der Waals surface area contributed by atoms with Gasteiger partial charge in [-0.25, -0.2) is 4.39 Å². The summed E-state index contributed by atoms with van der Waals surface area (Å²) in [5.41, 5.74) is 2.87. The van der Waals surface area contributed by atoms with Gasteiger partial charge in [0.25, 0.3) is 5.91 Å². The standard InChI is InChI=1S/C28H27FN2O4/c1-34-22-12-8-20(9-13-22)26-25(28(33)30-14-16-35-17-15-30)23-4-2-3-5-24(23)27(32)31(26)18-19-6-10-21(29)11-7-19/h2-13,25-26H,14-18H2,1H3/t25-,26+/m0/s1. The number of carbonyl (C=O) groups excluding carboxylic acids is 2. The van der Waals surface area contributed by atoms with E-state index in [1.807, 2.05) is 47.4 Å². The van der Waals surface area contributed by atoms with E-state index in [2.05, 4.69) is 0 Å². The minimum absolute atomic E-state index is 0.0295. The predicted molar refractivity (Wildman–Crippen MR) is 129 cm³/mol. The predicted octanol–water partition coefficient (Wildman–Crippen LogP) is 4.17. The Hall–Kier alpha value is -3.71. The fourth-order valence-electron chi connectivity index (χ4n) is 4.97. The lowest BCUT2D eigenvalue weighted by Gasteiger charge is -2.44. The van der Waals surface area contributed by atoms with Gasteiger partial charge in [-0.05, 0) is 47.0 Å². The summed E-state index contributed by atoms with van der Waals surface area (Å²) in [4.78, 5) is 31.4. The van der Waals surface area contributed by atoms with Crippen LogP contribution in [-0.2, 0) is 16.1 Å². The van der Waals surface area contributed by atoms with Crippen LogP contribution in [-0.4, -0.2) is 55.0 Å². The van der Waals surface area contributed by atoms with Crippen molar-refractivity contribution in [2.75, 3.05) is 33.4 Å². The molecule has 0 unspecified atom stereocenters. The van der Waals surface area contributed by atoms with Gasteiger partial charge in [-0.15, -0.1) is 0 Å². The normalized spacial score (nSPS) is 19.9. The molecule has 6 nitrogen and oxygen atoms in total. The van der Waals surface area contributed by atoms with E-state index in [-0.39, 0.29) is 24.2 Å². The van der Waals surface area contributed by atoms with E-state index in [1.54, 1.807) is 30.2 Å². The van der Waals surface area contributed by atoms with Crippen molar-refractivity contribution in [3.63, 3.8) is 0 Å². The summed E-state index contributed by atoms with van der Waals surface area (Å²) in [6.07, 6.45) is 0. The lowest BCUT2D eigenvalue weighted by atomic mass is 9.78. The first-order valence-corrected chi connectivity index (χ1v) is 11.7. The van der Waals surface area contributed by atoms with Gasteiger partial charge in [0.1, 0.15) is 11.6 Å². The maximum atomic E-state index is 14.0. The third-order valence-corrected chi connectivity index (χ3v) is 6.75. The van der Waals surface area contributed by atoms with Crippen molar-refractivity contribution in [3.8, 4) is 5.75 Å². The molecule has 0 saturated carbocycles. The average Bonchev–Trinajstić information content (AvgIpc) is 2.91. The molecule has 0 spiro atoms. The Morgan fingerprint density at radius 2 is 1.69 bits per heavy atom. The number of halogens is 1. The number of methoxy groups -OCH3 is 1. The van der Waals surface area contributed by atoms with E-state index in [9.17, 15) is 14.0 Å². The Morgan fingerprint density at radius 3 is 2.37 bits per heavy atom. The Balaban J connectivity index is 1.64. The van der Waals surface area contributed by atoms with E-state index < -0.39 is 12.0 Å². The van der Waals surface area contributed by atoms with E-state index >= 15 is 0 Å². The van der Waals surface area contributed by atoms with Gasteiger partial charge >= 0.3 is 0 Å². The Morgan fingerprint density at radius 1 is 1.00 bits per heavy atom. The number of rotatable bonds is 5. The number of nitrogens with zero attached hydrogens (tertiary/aromatic N) is 2. The van der Waals surface area contributed by atoms with Crippen LogP contribution in [0.2, 0.25) is 0 Å². The van der Waals surface area contributed by atoms with Crippen LogP contribution >= 0.6 is 0 Å². The second-order valence-electron chi connectivity index (χ2n) is 8.78. The first kappa shape index (κ1) is 23.1. The van der Waals surface area contributed by atoms with Crippen molar-refractivity contribution in [3.05, 3.63) is 101 Å². The molecular formula is C28H27FN2O4. The van der Waals surface area contributed by atoms with Crippen LogP contribution in [0, 0.1) is 5.82 Å². The minimum Gasteiger partial charge on any atom is -0.497 e. The highest BCUT2D eigenvalue weighted by Gasteiger charge is 2.45. The van der Waals surface area contributed by atoms with Crippen LogP contribution in [0.3, 0.4) is 0 Å². The number of amides is 2. The van der Waals surface area contributed by atoms with Crippen LogP contribution in [0.5, 0.6) is 5.75 Å². The highest BCUT2D eigenvalue weighted by atomic mass is 19.1. The first-order chi connectivity index (χ1) is 17.1. The highest BCUT2D eigenvalue weighted by Crippen LogP contribution is 2.44. The average molecular weight is 475 g/mol. The fourth-order valence-corrected chi connectivity index (χ4v) is 4.97. The molecule has 35 heavy (non-hydrogen) atoms. The van der Waals surface area contributed by atoms with Crippen molar-refractivity contribution in [2.45, 2.75) is 18.5 Å². The number of fused-ring (bicyclic) bond motifs is 1. The highest BCUT2D eigenvalue weighted by molar-refractivity contribution is 6.01. The molecule has 1 fully saturated rings. The van der Waals surface area contributed by atoms with E-state index in [0.717, 1.165) is 16.7 Å². The number of hydrogen-bond donors (Lipinski definition) is 0. The summed E-state index contributed by atoms with van der Waals surface area (Å²) in [7, 11) is 1.60.